The lowest BCUT2D eigenvalue weighted by Crippen LogP contribution is -2.43. The third kappa shape index (κ3) is 5.17. The van der Waals surface area contributed by atoms with Gasteiger partial charge in [-0.3, -0.25) is 4.79 Å². The maximum Gasteiger partial charge on any atom is 0.321 e. The predicted octanol–water partition coefficient (Wildman–Crippen LogP) is 1.10. The number of carboxylic acids is 1. The summed E-state index contributed by atoms with van der Waals surface area (Å²) in [6, 6.07) is 0.898. The summed E-state index contributed by atoms with van der Waals surface area (Å²) in [5.41, 5.74) is -0.457. The van der Waals surface area contributed by atoms with Gasteiger partial charge in [0.1, 0.15) is 6.04 Å². The highest BCUT2D eigenvalue weighted by atomic mass is 32.2. The van der Waals surface area contributed by atoms with Crippen molar-refractivity contribution in [2.24, 2.45) is 11.3 Å². The summed E-state index contributed by atoms with van der Waals surface area (Å²) in [6.07, 6.45) is 1.88. The van der Waals surface area contributed by atoms with Crippen LogP contribution < -0.4 is 4.72 Å². The Kier molecular flexibility index (Phi) is 4.93. The van der Waals surface area contributed by atoms with Crippen LogP contribution in [0.25, 0.3) is 0 Å². The van der Waals surface area contributed by atoms with Gasteiger partial charge in [0, 0.05) is 6.42 Å². The van der Waals surface area contributed by atoms with E-state index in [1.807, 2.05) is 19.9 Å². The number of hydrogen-bond acceptors (Lipinski definition) is 4. The third-order valence-corrected chi connectivity index (χ3v) is 4.87. The lowest BCUT2D eigenvalue weighted by Gasteiger charge is -2.18. The molecule has 0 spiro atoms. The van der Waals surface area contributed by atoms with Crippen molar-refractivity contribution < 1.29 is 18.3 Å². The average molecular weight is 288 g/mol. The summed E-state index contributed by atoms with van der Waals surface area (Å²) < 4.78 is 26.2. The van der Waals surface area contributed by atoms with Gasteiger partial charge in [-0.1, -0.05) is 13.8 Å². The second-order valence-corrected chi connectivity index (χ2v) is 7.49. The van der Waals surface area contributed by atoms with E-state index >= 15 is 0 Å². The van der Waals surface area contributed by atoms with Crippen LogP contribution in [0.5, 0.6) is 0 Å². The molecule has 0 radical (unpaired) electrons. The minimum Gasteiger partial charge on any atom is -0.480 e. The summed E-state index contributed by atoms with van der Waals surface area (Å²) in [4.78, 5) is 11.0. The molecule has 2 N–H and O–H groups in total. The van der Waals surface area contributed by atoms with Crippen molar-refractivity contribution in [1.29, 1.82) is 5.26 Å². The van der Waals surface area contributed by atoms with Crippen molar-refractivity contribution in [3.8, 4) is 6.07 Å². The van der Waals surface area contributed by atoms with Crippen LogP contribution in [0.15, 0.2) is 0 Å². The molecule has 0 saturated heterocycles. The Balaban J connectivity index is 2.67. The van der Waals surface area contributed by atoms with Crippen LogP contribution in [0.2, 0.25) is 0 Å². The molecule has 1 fully saturated rings. The molecule has 1 rings (SSSR count). The van der Waals surface area contributed by atoms with E-state index in [2.05, 4.69) is 4.72 Å². The minimum absolute atomic E-state index is 0.0813. The zero-order chi connectivity index (χ0) is 14.7. The first-order valence-corrected chi connectivity index (χ1v) is 7.95. The summed E-state index contributed by atoms with van der Waals surface area (Å²) in [7, 11) is -3.67. The molecule has 1 saturated carbocycles. The molecule has 0 aromatic carbocycles. The number of carboxylic acid groups (broad SMARTS) is 1. The summed E-state index contributed by atoms with van der Waals surface area (Å²) >= 11 is 0. The maximum absolute atomic E-state index is 12.0. The number of sulfonamides is 1. The molecule has 19 heavy (non-hydrogen) atoms. The zero-order valence-corrected chi connectivity index (χ0v) is 12.0. The Bertz CT molecular complexity index is 474. The number of hydrogen-bond donors (Lipinski definition) is 2. The van der Waals surface area contributed by atoms with E-state index < -0.39 is 27.4 Å². The van der Waals surface area contributed by atoms with Crippen molar-refractivity contribution in [2.75, 3.05) is 5.75 Å². The smallest absolute Gasteiger partial charge is 0.321 e. The van der Waals surface area contributed by atoms with Gasteiger partial charge < -0.3 is 5.11 Å². The van der Waals surface area contributed by atoms with Crippen LogP contribution in [-0.4, -0.2) is 31.3 Å². The van der Waals surface area contributed by atoms with Gasteiger partial charge in [-0.2, -0.15) is 5.26 Å². The Hall–Kier alpha value is -1.13. The van der Waals surface area contributed by atoms with Crippen LogP contribution in [0.1, 0.15) is 39.5 Å². The van der Waals surface area contributed by atoms with Crippen molar-refractivity contribution >= 4 is 16.0 Å². The molecular weight excluding hydrogens is 268 g/mol. The molecule has 6 nitrogen and oxygen atoms in total. The van der Waals surface area contributed by atoms with Gasteiger partial charge >= 0.3 is 5.97 Å². The van der Waals surface area contributed by atoms with E-state index in [1.165, 1.54) is 0 Å². The molecule has 1 aliphatic carbocycles. The summed E-state index contributed by atoms with van der Waals surface area (Å²) in [5.74, 6) is -1.24. The lowest BCUT2D eigenvalue weighted by atomic mass is 10.1. The van der Waals surface area contributed by atoms with Crippen LogP contribution in [0, 0.1) is 22.7 Å². The largest absolute Gasteiger partial charge is 0.480 e. The van der Waals surface area contributed by atoms with E-state index in [0.29, 0.717) is 12.8 Å². The Labute approximate surface area is 113 Å². The standard InChI is InChI=1S/C12H20N2O4S/c1-9(2)7-10(11(15)16)14-19(17,18)8-12(3-4-12)5-6-13/h9-10,14H,3-5,7-8H2,1-2H3,(H,15,16). The van der Waals surface area contributed by atoms with Gasteiger partial charge in [0.05, 0.1) is 11.8 Å². The van der Waals surface area contributed by atoms with Gasteiger partial charge in [-0.05, 0) is 30.6 Å². The first-order valence-electron chi connectivity index (χ1n) is 6.29. The fraction of sp³-hybridized carbons (Fsp3) is 0.833. The van der Waals surface area contributed by atoms with E-state index in [0.717, 1.165) is 0 Å². The van der Waals surface area contributed by atoms with Crippen molar-refractivity contribution in [3.63, 3.8) is 0 Å². The molecule has 1 unspecified atom stereocenters. The highest BCUT2D eigenvalue weighted by molar-refractivity contribution is 7.89. The zero-order valence-electron chi connectivity index (χ0n) is 11.2. The quantitative estimate of drug-likeness (QED) is 0.695. The summed E-state index contributed by atoms with van der Waals surface area (Å²) in [6.45, 7) is 3.67. The van der Waals surface area contributed by atoms with Gasteiger partial charge in [-0.15, -0.1) is 0 Å². The Morgan fingerprint density at radius 3 is 2.42 bits per heavy atom. The molecular formula is C12H20N2O4S. The van der Waals surface area contributed by atoms with Crippen molar-refractivity contribution in [3.05, 3.63) is 0 Å². The molecule has 108 valence electrons. The molecule has 0 aromatic heterocycles. The van der Waals surface area contributed by atoms with Crippen molar-refractivity contribution in [1.82, 2.24) is 4.72 Å². The average Bonchev–Trinajstić information content (AvgIpc) is 2.94. The number of nitrogens with zero attached hydrogens (tertiary/aromatic N) is 1. The van der Waals surface area contributed by atoms with Gasteiger partial charge in [0.25, 0.3) is 0 Å². The fourth-order valence-corrected chi connectivity index (χ4v) is 3.96. The third-order valence-electron chi connectivity index (χ3n) is 3.23. The number of aliphatic carboxylic acids is 1. The highest BCUT2D eigenvalue weighted by Crippen LogP contribution is 2.49. The molecule has 1 atom stereocenters. The summed E-state index contributed by atoms with van der Waals surface area (Å²) in [5, 5.41) is 17.7. The molecule has 0 aliphatic heterocycles. The van der Waals surface area contributed by atoms with E-state index in [4.69, 9.17) is 10.4 Å². The second kappa shape index (κ2) is 5.88. The molecule has 0 amide bonds. The lowest BCUT2D eigenvalue weighted by molar-refractivity contribution is -0.139. The van der Waals surface area contributed by atoms with Gasteiger partial charge in [-0.25, -0.2) is 13.1 Å². The number of nitriles is 1. The number of rotatable bonds is 8. The van der Waals surface area contributed by atoms with Crippen LogP contribution in [0.4, 0.5) is 0 Å². The second-order valence-electron chi connectivity index (χ2n) is 5.73. The number of carbonyl (C=O) groups is 1. The normalized spacial score (nSPS) is 18.8. The van der Waals surface area contributed by atoms with E-state index in [1.54, 1.807) is 0 Å². The molecule has 0 heterocycles. The molecule has 0 bridgehead atoms. The van der Waals surface area contributed by atoms with Crippen molar-refractivity contribution in [2.45, 2.75) is 45.6 Å². The first-order chi connectivity index (χ1) is 8.70. The van der Waals surface area contributed by atoms with Gasteiger partial charge in [0.15, 0.2) is 0 Å². The molecule has 7 heteroatoms. The van der Waals surface area contributed by atoms with E-state index in [9.17, 15) is 13.2 Å². The first kappa shape index (κ1) is 15.9. The van der Waals surface area contributed by atoms with Crippen LogP contribution in [-0.2, 0) is 14.8 Å². The fourth-order valence-electron chi connectivity index (χ4n) is 2.05. The highest BCUT2D eigenvalue weighted by Gasteiger charge is 2.46. The molecule has 1 aliphatic rings. The Morgan fingerprint density at radius 2 is 2.05 bits per heavy atom. The number of nitrogens with one attached hydrogen (secondary N) is 1. The van der Waals surface area contributed by atoms with Crippen LogP contribution in [0.3, 0.4) is 0 Å². The Morgan fingerprint density at radius 1 is 1.47 bits per heavy atom. The minimum atomic E-state index is -3.67. The van der Waals surface area contributed by atoms with E-state index in [-0.39, 0.29) is 24.5 Å². The topological polar surface area (TPSA) is 107 Å². The van der Waals surface area contributed by atoms with Crippen LogP contribution >= 0.6 is 0 Å². The van der Waals surface area contributed by atoms with Gasteiger partial charge in [0.2, 0.25) is 10.0 Å². The maximum atomic E-state index is 12.0. The monoisotopic (exact) mass is 288 g/mol. The SMILES string of the molecule is CC(C)CC(NS(=O)(=O)CC1(CC#N)CC1)C(=O)O. The predicted molar refractivity (Wildman–Crippen MR) is 69.7 cm³/mol. The molecule has 0 aromatic rings.